The second kappa shape index (κ2) is 5.42. The van der Waals surface area contributed by atoms with Gasteiger partial charge in [0.1, 0.15) is 6.61 Å². The first-order chi connectivity index (χ1) is 8.08. The van der Waals surface area contributed by atoms with Crippen molar-refractivity contribution in [3.05, 3.63) is 52.1 Å². The van der Waals surface area contributed by atoms with Gasteiger partial charge in [-0.05, 0) is 6.07 Å². The monoisotopic (exact) mass is 232 g/mol. The Balaban J connectivity index is 3.11. The third-order valence-electron chi connectivity index (χ3n) is 1.83. The minimum absolute atomic E-state index is 0.00339. The van der Waals surface area contributed by atoms with Gasteiger partial charge in [0.25, 0.3) is 5.69 Å². The van der Waals surface area contributed by atoms with Gasteiger partial charge in [-0.1, -0.05) is 12.7 Å². The predicted octanol–water partition coefficient (Wildman–Crippen LogP) is 1.81. The fourth-order valence-corrected chi connectivity index (χ4v) is 1.12. The fourth-order valence-electron chi connectivity index (χ4n) is 1.12. The lowest BCUT2D eigenvalue weighted by Crippen LogP contribution is -2.06. The molecular formula is C11H8N2O4. The number of hydrogen-bond acceptors (Lipinski definition) is 5. The standard InChI is InChI=1S/C11H8N2O4/c1-2-3-17-11(14)9-4-8(7-12)5-10(6-9)13(15)16/h2,4-6H,1,3H2. The zero-order valence-corrected chi connectivity index (χ0v) is 8.75. The molecule has 6 heteroatoms. The van der Waals surface area contributed by atoms with Gasteiger partial charge in [-0.2, -0.15) is 5.26 Å². The molecule has 0 aromatic heterocycles. The Hall–Kier alpha value is -2.68. The first-order valence-corrected chi connectivity index (χ1v) is 4.56. The Morgan fingerprint density at radius 1 is 1.59 bits per heavy atom. The minimum Gasteiger partial charge on any atom is -0.458 e. The number of esters is 1. The van der Waals surface area contributed by atoms with Crippen molar-refractivity contribution in [1.29, 1.82) is 5.26 Å². The maximum absolute atomic E-state index is 11.4. The van der Waals surface area contributed by atoms with Crippen molar-refractivity contribution >= 4 is 11.7 Å². The van der Waals surface area contributed by atoms with E-state index in [1.54, 1.807) is 6.07 Å². The van der Waals surface area contributed by atoms with E-state index in [1.807, 2.05) is 0 Å². The highest BCUT2D eigenvalue weighted by Crippen LogP contribution is 2.17. The van der Waals surface area contributed by atoms with Crippen LogP contribution in [0, 0.1) is 21.4 Å². The molecule has 17 heavy (non-hydrogen) atoms. The van der Waals surface area contributed by atoms with E-state index in [1.165, 1.54) is 12.1 Å². The van der Waals surface area contributed by atoms with E-state index in [4.69, 9.17) is 10.00 Å². The largest absolute Gasteiger partial charge is 0.458 e. The summed E-state index contributed by atoms with van der Waals surface area (Å²) in [6.45, 7) is 3.37. The first-order valence-electron chi connectivity index (χ1n) is 4.56. The van der Waals surface area contributed by atoms with E-state index < -0.39 is 10.9 Å². The summed E-state index contributed by atoms with van der Waals surface area (Å²) < 4.78 is 4.72. The number of nitriles is 1. The average Bonchev–Trinajstić information content (AvgIpc) is 2.35. The van der Waals surface area contributed by atoms with Crippen molar-refractivity contribution in [1.82, 2.24) is 0 Å². The van der Waals surface area contributed by atoms with Crippen LogP contribution in [0.25, 0.3) is 0 Å². The summed E-state index contributed by atoms with van der Waals surface area (Å²) in [5, 5.41) is 19.3. The Morgan fingerprint density at radius 3 is 2.82 bits per heavy atom. The van der Waals surface area contributed by atoms with Gasteiger partial charge in [0.05, 0.1) is 22.1 Å². The number of rotatable bonds is 4. The summed E-state index contributed by atoms with van der Waals surface area (Å²) in [5.74, 6) is -0.731. The van der Waals surface area contributed by atoms with E-state index in [9.17, 15) is 14.9 Å². The molecular weight excluding hydrogens is 224 g/mol. The molecule has 1 rings (SSSR count). The number of ether oxygens (including phenoxy) is 1. The fraction of sp³-hybridized carbons (Fsp3) is 0.0909. The van der Waals surface area contributed by atoms with Crippen LogP contribution in [0.5, 0.6) is 0 Å². The third-order valence-corrected chi connectivity index (χ3v) is 1.83. The van der Waals surface area contributed by atoms with Crippen LogP contribution in [0.3, 0.4) is 0 Å². The summed E-state index contributed by atoms with van der Waals surface area (Å²) in [7, 11) is 0. The van der Waals surface area contributed by atoms with Crippen molar-refractivity contribution in [3.63, 3.8) is 0 Å². The SMILES string of the molecule is C=CCOC(=O)c1cc(C#N)cc([N+](=O)[O-])c1. The van der Waals surface area contributed by atoms with E-state index in [-0.39, 0.29) is 23.4 Å². The van der Waals surface area contributed by atoms with Gasteiger partial charge < -0.3 is 4.74 Å². The number of benzene rings is 1. The smallest absolute Gasteiger partial charge is 0.338 e. The van der Waals surface area contributed by atoms with E-state index in [0.717, 1.165) is 12.1 Å². The lowest BCUT2D eigenvalue weighted by Gasteiger charge is -2.02. The van der Waals surface area contributed by atoms with Crippen LogP contribution in [-0.2, 0) is 4.74 Å². The molecule has 1 aromatic rings. The highest BCUT2D eigenvalue weighted by molar-refractivity contribution is 5.90. The molecule has 6 nitrogen and oxygen atoms in total. The van der Waals surface area contributed by atoms with Crippen molar-refractivity contribution < 1.29 is 14.5 Å². The quantitative estimate of drug-likeness (QED) is 0.341. The Bertz CT molecular complexity index is 517. The van der Waals surface area contributed by atoms with Crippen LogP contribution in [-0.4, -0.2) is 17.5 Å². The molecule has 0 bridgehead atoms. The number of nitro benzene ring substituents is 1. The van der Waals surface area contributed by atoms with Crippen LogP contribution in [0.1, 0.15) is 15.9 Å². The number of hydrogen-bond donors (Lipinski definition) is 0. The molecule has 0 radical (unpaired) electrons. The topological polar surface area (TPSA) is 93.2 Å². The molecule has 0 fully saturated rings. The number of nitrogens with zero attached hydrogens (tertiary/aromatic N) is 2. The third kappa shape index (κ3) is 3.14. The van der Waals surface area contributed by atoms with E-state index in [0.29, 0.717) is 0 Å². The maximum Gasteiger partial charge on any atom is 0.338 e. The van der Waals surface area contributed by atoms with Crippen LogP contribution >= 0.6 is 0 Å². The van der Waals surface area contributed by atoms with Gasteiger partial charge in [0, 0.05) is 12.1 Å². The molecule has 0 amide bonds. The molecule has 0 unspecified atom stereocenters. The Kier molecular flexibility index (Phi) is 3.95. The molecule has 0 saturated heterocycles. The molecule has 0 spiro atoms. The van der Waals surface area contributed by atoms with E-state index in [2.05, 4.69) is 6.58 Å². The molecule has 86 valence electrons. The Morgan fingerprint density at radius 2 is 2.29 bits per heavy atom. The number of carbonyl (C=O) groups is 1. The highest BCUT2D eigenvalue weighted by atomic mass is 16.6. The second-order valence-corrected chi connectivity index (χ2v) is 3.02. The number of non-ortho nitro benzene ring substituents is 1. The zero-order chi connectivity index (χ0) is 12.8. The van der Waals surface area contributed by atoms with Crippen LogP contribution in [0.2, 0.25) is 0 Å². The summed E-state index contributed by atoms with van der Waals surface area (Å²) in [6, 6.07) is 5.13. The normalized spacial score (nSPS) is 9.12. The highest BCUT2D eigenvalue weighted by Gasteiger charge is 2.15. The molecule has 0 aliphatic carbocycles. The number of carbonyl (C=O) groups excluding carboxylic acids is 1. The first kappa shape index (κ1) is 12.4. The van der Waals surface area contributed by atoms with Crippen molar-refractivity contribution in [2.75, 3.05) is 6.61 Å². The summed E-state index contributed by atoms with van der Waals surface area (Å²) in [5.41, 5.74) is -0.322. The predicted molar refractivity (Wildman–Crippen MR) is 58.3 cm³/mol. The van der Waals surface area contributed by atoms with Crippen molar-refractivity contribution in [3.8, 4) is 6.07 Å². The van der Waals surface area contributed by atoms with Gasteiger partial charge in [-0.3, -0.25) is 10.1 Å². The average molecular weight is 232 g/mol. The molecule has 1 aromatic carbocycles. The van der Waals surface area contributed by atoms with E-state index >= 15 is 0 Å². The minimum atomic E-state index is -0.731. The van der Waals surface area contributed by atoms with Crippen LogP contribution in [0.4, 0.5) is 5.69 Å². The molecule has 0 aliphatic heterocycles. The summed E-state index contributed by atoms with van der Waals surface area (Å²) in [6.07, 6.45) is 1.38. The van der Waals surface area contributed by atoms with Crippen molar-refractivity contribution in [2.45, 2.75) is 0 Å². The summed E-state index contributed by atoms with van der Waals surface area (Å²) in [4.78, 5) is 21.4. The van der Waals surface area contributed by atoms with Gasteiger partial charge in [-0.25, -0.2) is 4.79 Å². The molecule has 0 saturated carbocycles. The van der Waals surface area contributed by atoms with Gasteiger partial charge in [0.15, 0.2) is 0 Å². The van der Waals surface area contributed by atoms with Gasteiger partial charge in [-0.15, -0.1) is 0 Å². The zero-order valence-electron chi connectivity index (χ0n) is 8.75. The van der Waals surface area contributed by atoms with Gasteiger partial charge in [0.2, 0.25) is 0 Å². The number of nitro groups is 1. The molecule has 0 heterocycles. The summed E-state index contributed by atoms with van der Waals surface area (Å²) >= 11 is 0. The lowest BCUT2D eigenvalue weighted by molar-refractivity contribution is -0.384. The van der Waals surface area contributed by atoms with Crippen LogP contribution in [0.15, 0.2) is 30.9 Å². The maximum atomic E-state index is 11.4. The van der Waals surface area contributed by atoms with Crippen molar-refractivity contribution in [2.24, 2.45) is 0 Å². The molecule has 0 aliphatic rings. The lowest BCUT2D eigenvalue weighted by atomic mass is 10.1. The Labute approximate surface area is 96.9 Å². The second-order valence-electron chi connectivity index (χ2n) is 3.02. The molecule has 0 atom stereocenters. The van der Waals surface area contributed by atoms with Gasteiger partial charge >= 0.3 is 5.97 Å². The van der Waals surface area contributed by atoms with Crippen LogP contribution < -0.4 is 0 Å². The molecule has 0 N–H and O–H groups in total.